The summed E-state index contributed by atoms with van der Waals surface area (Å²) in [6.07, 6.45) is 5.80. The van der Waals surface area contributed by atoms with Crippen LogP contribution in [0.5, 0.6) is 0 Å². The van der Waals surface area contributed by atoms with Gasteiger partial charge in [0.05, 0.1) is 0 Å². The van der Waals surface area contributed by atoms with Crippen molar-refractivity contribution in [1.82, 2.24) is 4.90 Å². The number of hydrogen-bond donors (Lipinski definition) is 0. The minimum Gasteiger partial charge on any atom is -0.291 e. The van der Waals surface area contributed by atoms with E-state index in [0.717, 1.165) is 31.0 Å². The molecule has 0 aromatic heterocycles. The Labute approximate surface area is 134 Å². The molecule has 1 nitrogen and oxygen atoms in total. The standard InChI is InChI=1S/C21H25N/c1-3-9-17(10-4-1)15-22(16-18-11-5-2-6-12-18)21-19-13-7-8-14-20(19)21/h1-6,9-12,19-21H,7-8,13-16H2/t19-,20+,21?. The van der Waals surface area contributed by atoms with Crippen molar-refractivity contribution in [1.29, 1.82) is 0 Å². The Balaban J connectivity index is 1.52. The molecule has 0 aliphatic heterocycles. The van der Waals surface area contributed by atoms with Crippen molar-refractivity contribution in [3.63, 3.8) is 0 Å². The third-order valence-electron chi connectivity index (χ3n) is 5.49. The lowest BCUT2D eigenvalue weighted by atomic mass is 10.0. The Morgan fingerprint density at radius 2 is 1.14 bits per heavy atom. The van der Waals surface area contributed by atoms with Crippen LogP contribution in [-0.2, 0) is 13.1 Å². The van der Waals surface area contributed by atoms with Gasteiger partial charge >= 0.3 is 0 Å². The van der Waals surface area contributed by atoms with E-state index in [2.05, 4.69) is 65.6 Å². The van der Waals surface area contributed by atoms with Crippen molar-refractivity contribution in [3.8, 4) is 0 Å². The molecule has 1 heteroatoms. The van der Waals surface area contributed by atoms with Gasteiger partial charge in [-0.05, 0) is 35.8 Å². The minimum absolute atomic E-state index is 0.822. The second-order valence-electron chi connectivity index (χ2n) is 6.98. The Bertz CT molecular complexity index is 538. The molecule has 0 heterocycles. The third kappa shape index (κ3) is 2.96. The molecule has 2 aliphatic carbocycles. The van der Waals surface area contributed by atoms with Crippen molar-refractivity contribution in [2.24, 2.45) is 11.8 Å². The predicted molar refractivity (Wildman–Crippen MR) is 91.4 cm³/mol. The summed E-state index contributed by atoms with van der Waals surface area (Å²) in [5.74, 6) is 1.95. The number of nitrogens with zero attached hydrogens (tertiary/aromatic N) is 1. The zero-order valence-corrected chi connectivity index (χ0v) is 13.2. The molecule has 4 rings (SSSR count). The van der Waals surface area contributed by atoms with Gasteiger partial charge in [-0.2, -0.15) is 0 Å². The molecular weight excluding hydrogens is 266 g/mol. The molecule has 2 aromatic carbocycles. The smallest absolute Gasteiger partial charge is 0.0240 e. The lowest BCUT2D eigenvalue weighted by molar-refractivity contribution is 0.226. The largest absolute Gasteiger partial charge is 0.291 e. The van der Waals surface area contributed by atoms with Crippen LogP contribution in [0, 0.1) is 11.8 Å². The molecule has 3 atom stereocenters. The lowest BCUT2D eigenvalue weighted by Crippen LogP contribution is -2.27. The van der Waals surface area contributed by atoms with Crippen LogP contribution in [0.15, 0.2) is 60.7 Å². The number of benzene rings is 2. The van der Waals surface area contributed by atoms with Crippen LogP contribution in [0.25, 0.3) is 0 Å². The maximum absolute atomic E-state index is 2.74. The van der Waals surface area contributed by atoms with E-state index in [1.54, 1.807) is 0 Å². The van der Waals surface area contributed by atoms with Gasteiger partial charge in [0.15, 0.2) is 0 Å². The first kappa shape index (κ1) is 14.0. The number of rotatable bonds is 5. The molecule has 22 heavy (non-hydrogen) atoms. The van der Waals surface area contributed by atoms with Crippen molar-refractivity contribution >= 4 is 0 Å². The van der Waals surface area contributed by atoms with E-state index in [0.29, 0.717) is 0 Å². The summed E-state index contributed by atoms with van der Waals surface area (Å²) < 4.78 is 0. The monoisotopic (exact) mass is 291 g/mol. The molecule has 2 aliphatic rings. The Hall–Kier alpha value is -1.60. The fraction of sp³-hybridized carbons (Fsp3) is 0.429. The number of fused-ring (bicyclic) bond motifs is 1. The van der Waals surface area contributed by atoms with Crippen molar-refractivity contribution in [2.45, 2.75) is 44.8 Å². The SMILES string of the molecule is c1ccc(CN(Cc2ccccc2)C2[C@H]3CCCC[C@@H]23)cc1. The molecule has 0 N–H and O–H groups in total. The first-order valence-electron chi connectivity index (χ1n) is 8.74. The Kier molecular flexibility index (Phi) is 3.99. The normalized spacial score (nSPS) is 26.7. The van der Waals surface area contributed by atoms with Gasteiger partial charge in [0.1, 0.15) is 0 Å². The molecule has 0 spiro atoms. The topological polar surface area (TPSA) is 3.24 Å². The van der Waals surface area contributed by atoms with Gasteiger partial charge in [0.25, 0.3) is 0 Å². The van der Waals surface area contributed by atoms with Crippen LogP contribution in [0.1, 0.15) is 36.8 Å². The van der Waals surface area contributed by atoms with E-state index in [-0.39, 0.29) is 0 Å². The lowest BCUT2D eigenvalue weighted by Gasteiger charge is -2.23. The Morgan fingerprint density at radius 3 is 1.59 bits per heavy atom. The van der Waals surface area contributed by atoms with Gasteiger partial charge in [-0.3, -0.25) is 4.90 Å². The molecule has 2 saturated carbocycles. The Morgan fingerprint density at radius 1 is 0.682 bits per heavy atom. The highest BCUT2D eigenvalue weighted by atomic mass is 15.2. The fourth-order valence-corrected chi connectivity index (χ4v) is 4.40. The summed E-state index contributed by atoms with van der Waals surface area (Å²) in [6, 6.07) is 22.8. The zero-order chi connectivity index (χ0) is 14.8. The molecule has 2 fully saturated rings. The first-order chi connectivity index (χ1) is 10.9. The van der Waals surface area contributed by atoms with Crippen molar-refractivity contribution in [3.05, 3.63) is 71.8 Å². The van der Waals surface area contributed by atoms with Crippen LogP contribution in [0.3, 0.4) is 0 Å². The summed E-state index contributed by atoms with van der Waals surface area (Å²) in [5, 5.41) is 0. The summed E-state index contributed by atoms with van der Waals surface area (Å²) in [6.45, 7) is 2.18. The predicted octanol–water partition coefficient (Wildman–Crippen LogP) is 4.88. The molecular formula is C21H25N. The van der Waals surface area contributed by atoms with Gasteiger partial charge in [-0.15, -0.1) is 0 Å². The first-order valence-corrected chi connectivity index (χ1v) is 8.74. The second-order valence-corrected chi connectivity index (χ2v) is 6.98. The van der Waals surface area contributed by atoms with E-state index < -0.39 is 0 Å². The van der Waals surface area contributed by atoms with Gasteiger partial charge in [0.2, 0.25) is 0 Å². The highest BCUT2D eigenvalue weighted by Crippen LogP contribution is 2.53. The highest BCUT2D eigenvalue weighted by Gasteiger charge is 2.53. The molecule has 1 unspecified atom stereocenters. The minimum atomic E-state index is 0.822. The van der Waals surface area contributed by atoms with E-state index in [1.165, 1.54) is 36.8 Å². The molecule has 0 amide bonds. The quantitative estimate of drug-likeness (QED) is 0.759. The maximum Gasteiger partial charge on any atom is 0.0240 e. The molecule has 0 saturated heterocycles. The third-order valence-corrected chi connectivity index (χ3v) is 5.49. The van der Waals surface area contributed by atoms with Crippen LogP contribution >= 0.6 is 0 Å². The van der Waals surface area contributed by atoms with Crippen molar-refractivity contribution < 1.29 is 0 Å². The second kappa shape index (κ2) is 6.26. The van der Waals surface area contributed by atoms with E-state index in [1.807, 2.05) is 0 Å². The average Bonchev–Trinajstić information content (AvgIpc) is 3.30. The van der Waals surface area contributed by atoms with Crippen LogP contribution in [0.4, 0.5) is 0 Å². The molecule has 0 bridgehead atoms. The van der Waals surface area contributed by atoms with Gasteiger partial charge in [-0.25, -0.2) is 0 Å². The highest BCUT2D eigenvalue weighted by molar-refractivity contribution is 5.19. The summed E-state index contributed by atoms with van der Waals surface area (Å²) in [7, 11) is 0. The molecule has 114 valence electrons. The fourth-order valence-electron chi connectivity index (χ4n) is 4.40. The van der Waals surface area contributed by atoms with Gasteiger partial charge in [0, 0.05) is 19.1 Å². The van der Waals surface area contributed by atoms with Gasteiger partial charge < -0.3 is 0 Å². The van der Waals surface area contributed by atoms with E-state index >= 15 is 0 Å². The summed E-state index contributed by atoms with van der Waals surface area (Å²) in [4.78, 5) is 2.74. The number of hydrogen-bond acceptors (Lipinski definition) is 1. The van der Waals surface area contributed by atoms with Crippen LogP contribution in [-0.4, -0.2) is 10.9 Å². The molecule has 2 aromatic rings. The zero-order valence-electron chi connectivity index (χ0n) is 13.2. The van der Waals surface area contributed by atoms with E-state index in [4.69, 9.17) is 0 Å². The maximum atomic E-state index is 2.74. The van der Waals surface area contributed by atoms with Crippen LogP contribution < -0.4 is 0 Å². The van der Waals surface area contributed by atoms with Crippen molar-refractivity contribution in [2.75, 3.05) is 0 Å². The summed E-state index contributed by atoms with van der Waals surface area (Å²) in [5.41, 5.74) is 2.89. The summed E-state index contributed by atoms with van der Waals surface area (Å²) >= 11 is 0. The van der Waals surface area contributed by atoms with E-state index in [9.17, 15) is 0 Å². The molecule has 0 radical (unpaired) electrons. The van der Waals surface area contributed by atoms with Crippen LogP contribution in [0.2, 0.25) is 0 Å². The average molecular weight is 291 g/mol. The van der Waals surface area contributed by atoms with Gasteiger partial charge in [-0.1, -0.05) is 73.5 Å².